The second-order valence-corrected chi connectivity index (χ2v) is 20.1. The van der Waals surface area contributed by atoms with Crippen molar-refractivity contribution in [3.63, 3.8) is 0 Å². The van der Waals surface area contributed by atoms with Crippen molar-refractivity contribution in [2.24, 2.45) is 0 Å². The Morgan fingerprint density at radius 2 is 1.90 bits per heavy atom. The molecule has 0 saturated carbocycles. The van der Waals surface area contributed by atoms with E-state index in [9.17, 15) is 13.2 Å². The Labute approximate surface area is 244 Å². The predicted octanol–water partition coefficient (Wildman–Crippen LogP) is 5.60. The molecule has 2 aromatic heterocycles. The number of anilines is 1. The number of benzene rings is 1. The van der Waals surface area contributed by atoms with E-state index in [0.29, 0.717) is 26.1 Å². The molecule has 1 unspecified atom stereocenters. The Kier molecular flexibility index (Phi) is 8.28. The van der Waals surface area contributed by atoms with Crippen LogP contribution in [0.2, 0.25) is 25.7 Å². The van der Waals surface area contributed by atoms with Crippen molar-refractivity contribution >= 4 is 40.7 Å². The van der Waals surface area contributed by atoms with Crippen molar-refractivity contribution in [1.82, 2.24) is 14.8 Å². The maximum Gasteiger partial charge on any atom is 0.264 e. The minimum atomic E-state index is -3.60. The molecule has 3 heterocycles. The lowest BCUT2D eigenvalue weighted by Gasteiger charge is -2.28. The van der Waals surface area contributed by atoms with Crippen LogP contribution >= 0.6 is 0 Å². The number of nitrogens with zero attached hydrogens (tertiary/aromatic N) is 3. The summed E-state index contributed by atoms with van der Waals surface area (Å²) in [6.45, 7) is 12.8. The monoisotopic (exact) mass is 600 g/mol. The number of aryl methyl sites for hydroxylation is 2. The van der Waals surface area contributed by atoms with Gasteiger partial charge in [0.15, 0.2) is 0 Å². The highest BCUT2D eigenvalue weighted by Crippen LogP contribution is 2.50. The molecule has 1 N–H and O–H groups in total. The van der Waals surface area contributed by atoms with Crippen LogP contribution in [0.3, 0.4) is 0 Å². The molecule has 0 fully saturated rings. The summed E-state index contributed by atoms with van der Waals surface area (Å²) in [6, 6.07) is 5.42. The average Bonchev–Trinajstić information content (AvgIpc) is 3.47. The zero-order valence-corrected chi connectivity index (χ0v) is 27.1. The van der Waals surface area contributed by atoms with Gasteiger partial charge in [0.2, 0.25) is 5.91 Å². The smallest absolute Gasteiger partial charge is 0.264 e. The van der Waals surface area contributed by atoms with Crippen LogP contribution in [0.4, 0.5) is 5.69 Å². The molecule has 0 saturated heterocycles. The quantitative estimate of drug-likeness (QED) is 0.165. The number of hydrogen-bond donors (Lipinski definition) is 1. The lowest BCUT2D eigenvalue weighted by Crippen LogP contribution is -2.41. The van der Waals surface area contributed by atoms with E-state index < -0.39 is 23.6 Å². The molecule has 1 aromatic carbocycles. The third-order valence-corrected chi connectivity index (χ3v) is 10.8. The molecule has 1 aliphatic carbocycles. The predicted molar refractivity (Wildman–Crippen MR) is 166 cm³/mol. The van der Waals surface area contributed by atoms with Gasteiger partial charge in [0.1, 0.15) is 12.4 Å². The van der Waals surface area contributed by atoms with Gasteiger partial charge in [0, 0.05) is 44.0 Å². The number of aromatic amines is 1. The van der Waals surface area contributed by atoms with Crippen LogP contribution in [0.5, 0.6) is 0 Å². The zero-order valence-electron chi connectivity index (χ0n) is 25.3. The van der Waals surface area contributed by atoms with Crippen LogP contribution in [0.1, 0.15) is 56.2 Å². The number of aromatic nitrogens is 3. The molecule has 224 valence electrons. The topological polar surface area (TPSA) is 107 Å². The summed E-state index contributed by atoms with van der Waals surface area (Å²) < 4.78 is 36.4. The van der Waals surface area contributed by atoms with E-state index in [4.69, 9.17) is 14.0 Å². The van der Waals surface area contributed by atoms with Crippen molar-refractivity contribution in [2.75, 3.05) is 30.9 Å². The Morgan fingerprint density at radius 3 is 2.59 bits per heavy atom. The molecular weight excluding hydrogens is 557 g/mol. The van der Waals surface area contributed by atoms with Crippen LogP contribution in [0.25, 0.3) is 22.3 Å². The van der Waals surface area contributed by atoms with E-state index >= 15 is 0 Å². The number of rotatable bonds is 12. The van der Waals surface area contributed by atoms with Crippen molar-refractivity contribution in [3.05, 3.63) is 35.0 Å². The minimum absolute atomic E-state index is 0.0262. The molecule has 1 amide bonds. The fourth-order valence-electron chi connectivity index (χ4n) is 6.47. The second-order valence-electron chi connectivity index (χ2n) is 12.8. The highest BCUT2D eigenvalue weighted by molar-refractivity contribution is 7.85. The van der Waals surface area contributed by atoms with E-state index in [2.05, 4.69) is 49.9 Å². The highest BCUT2D eigenvalue weighted by Gasteiger charge is 2.50. The molecule has 5 rings (SSSR count). The van der Waals surface area contributed by atoms with Gasteiger partial charge >= 0.3 is 0 Å². The summed E-state index contributed by atoms with van der Waals surface area (Å²) in [6.07, 6.45) is 7.81. The maximum atomic E-state index is 13.9. The fraction of sp³-hybridized carbons (Fsp3) is 0.600. The number of carbonyl (C=O) groups excluding carboxylic acids is 1. The maximum absolute atomic E-state index is 13.9. The average molecular weight is 601 g/mol. The summed E-state index contributed by atoms with van der Waals surface area (Å²) in [5, 5.41) is 6.08. The van der Waals surface area contributed by atoms with E-state index in [1.165, 1.54) is 11.1 Å². The van der Waals surface area contributed by atoms with Gasteiger partial charge in [-0.15, -0.1) is 0 Å². The fourth-order valence-corrected chi connectivity index (χ4v) is 7.61. The van der Waals surface area contributed by atoms with Crippen LogP contribution in [-0.4, -0.2) is 63.2 Å². The number of H-pyrrole nitrogens is 1. The third-order valence-electron chi connectivity index (χ3n) is 8.47. The largest absolute Gasteiger partial charge is 0.360 e. The van der Waals surface area contributed by atoms with Gasteiger partial charge in [-0.2, -0.15) is 13.5 Å². The SMILES string of the molecule is CCCC1(CCOS(C)(=O)=O)C(=O)N(CC)c2cc3c4c([nH]c3cc21)-c1nn(COCC[Si](C)(C)C)cc1CCC4. The lowest BCUT2D eigenvalue weighted by molar-refractivity contribution is -0.124. The van der Waals surface area contributed by atoms with Gasteiger partial charge < -0.3 is 14.6 Å². The van der Waals surface area contributed by atoms with Crippen LogP contribution in [-0.2, 0) is 48.8 Å². The minimum Gasteiger partial charge on any atom is -0.360 e. The standard InChI is InChI=1S/C30H44N4O5SSi/c1-7-12-30(13-14-39-40(3,36)37)24-18-25-23(17-26(24)34(8-2)29(30)35)22-11-9-10-21-19-33(32-27(21)28(22)31-25)20-38-15-16-41(4,5)6/h17-19,31H,7-16,20H2,1-6H3. The first-order valence-electron chi connectivity index (χ1n) is 14.9. The Morgan fingerprint density at radius 1 is 1.12 bits per heavy atom. The third kappa shape index (κ3) is 5.91. The summed E-state index contributed by atoms with van der Waals surface area (Å²) in [7, 11) is -4.75. The van der Waals surface area contributed by atoms with Crippen molar-refractivity contribution in [3.8, 4) is 11.4 Å². The summed E-state index contributed by atoms with van der Waals surface area (Å²) in [5.74, 6) is 0.0304. The molecule has 0 spiro atoms. The Balaban J connectivity index is 1.53. The Bertz CT molecular complexity index is 1550. The second kappa shape index (κ2) is 11.3. The van der Waals surface area contributed by atoms with Crippen molar-refractivity contribution in [2.45, 2.75) is 90.2 Å². The Hall–Kier alpha value is -2.47. The molecule has 1 aliphatic heterocycles. The molecule has 11 heteroatoms. The van der Waals surface area contributed by atoms with Crippen LogP contribution in [0.15, 0.2) is 18.3 Å². The van der Waals surface area contributed by atoms with E-state index in [1.807, 2.05) is 16.5 Å². The normalized spacial score (nSPS) is 19.0. The molecule has 41 heavy (non-hydrogen) atoms. The molecule has 0 bridgehead atoms. The number of carbonyl (C=O) groups is 1. The number of ether oxygens (including phenoxy) is 1. The number of amides is 1. The molecule has 9 nitrogen and oxygen atoms in total. The summed E-state index contributed by atoms with van der Waals surface area (Å²) >= 11 is 0. The number of nitrogens with one attached hydrogen (secondary N) is 1. The van der Waals surface area contributed by atoms with Crippen LogP contribution in [0, 0.1) is 0 Å². The van der Waals surface area contributed by atoms with E-state index in [1.54, 1.807) is 0 Å². The van der Waals surface area contributed by atoms with Gasteiger partial charge in [0.05, 0.1) is 24.0 Å². The number of fused-ring (bicyclic) bond motifs is 6. The van der Waals surface area contributed by atoms with E-state index in [-0.39, 0.29) is 12.5 Å². The molecule has 1 atom stereocenters. The summed E-state index contributed by atoms with van der Waals surface area (Å²) in [4.78, 5) is 19.5. The molecule has 3 aromatic rings. The van der Waals surface area contributed by atoms with Gasteiger partial charge in [-0.3, -0.25) is 8.98 Å². The van der Waals surface area contributed by atoms with Gasteiger partial charge in [-0.25, -0.2) is 4.68 Å². The van der Waals surface area contributed by atoms with E-state index in [0.717, 1.165) is 78.1 Å². The van der Waals surface area contributed by atoms with Crippen molar-refractivity contribution in [1.29, 1.82) is 0 Å². The highest BCUT2D eigenvalue weighted by atomic mass is 32.2. The van der Waals surface area contributed by atoms with Gasteiger partial charge in [0.25, 0.3) is 10.1 Å². The van der Waals surface area contributed by atoms with Gasteiger partial charge in [-0.1, -0.05) is 33.0 Å². The van der Waals surface area contributed by atoms with Crippen molar-refractivity contribution < 1.29 is 22.1 Å². The first-order chi connectivity index (χ1) is 19.4. The van der Waals surface area contributed by atoms with Gasteiger partial charge in [-0.05, 0) is 73.9 Å². The zero-order chi connectivity index (χ0) is 29.6. The lowest BCUT2D eigenvalue weighted by atomic mass is 9.75. The number of hydrogen-bond acceptors (Lipinski definition) is 6. The van der Waals surface area contributed by atoms with Crippen LogP contribution < -0.4 is 4.90 Å². The first kappa shape index (κ1) is 30.0. The first-order valence-corrected chi connectivity index (χ1v) is 20.4. The summed E-state index contributed by atoms with van der Waals surface area (Å²) in [5.41, 5.74) is 6.53. The molecular formula is C30H44N4O5SSi. The number of likely N-dealkylation sites (N-methyl/N-ethyl adjacent to an activating group) is 1. The molecule has 2 aliphatic rings. The molecule has 0 radical (unpaired) electrons.